The van der Waals surface area contributed by atoms with E-state index in [1.807, 2.05) is 18.2 Å². The second-order valence-electron chi connectivity index (χ2n) is 6.98. The van der Waals surface area contributed by atoms with E-state index < -0.39 is 0 Å². The summed E-state index contributed by atoms with van der Waals surface area (Å²) in [6.07, 6.45) is 9.32. The van der Waals surface area contributed by atoms with E-state index in [0.717, 1.165) is 48.0 Å². The third-order valence-electron chi connectivity index (χ3n) is 4.87. The van der Waals surface area contributed by atoms with Crippen LogP contribution in [0, 0.1) is 0 Å². The number of aromatic amines is 1. The number of nitrogens with zero attached hydrogens (tertiary/aromatic N) is 7. The Morgan fingerprint density at radius 1 is 1.13 bits per heavy atom. The van der Waals surface area contributed by atoms with E-state index in [2.05, 4.69) is 45.7 Å². The van der Waals surface area contributed by atoms with Crippen molar-refractivity contribution in [3.8, 4) is 11.3 Å². The summed E-state index contributed by atoms with van der Waals surface area (Å²) < 4.78 is 0. The van der Waals surface area contributed by atoms with Gasteiger partial charge >= 0.3 is 0 Å². The van der Waals surface area contributed by atoms with Crippen molar-refractivity contribution in [2.24, 2.45) is 0 Å². The fraction of sp³-hybridized carbons (Fsp3) is 0.200. The van der Waals surface area contributed by atoms with Crippen molar-refractivity contribution in [3.63, 3.8) is 0 Å². The fourth-order valence-corrected chi connectivity index (χ4v) is 3.55. The molecular weight excluding hydrogens is 416 g/mol. The number of aromatic nitrogens is 7. The summed E-state index contributed by atoms with van der Waals surface area (Å²) in [5.41, 5.74) is 2.57. The van der Waals surface area contributed by atoms with Gasteiger partial charge in [0.25, 0.3) is 0 Å². The molecule has 0 saturated heterocycles. The lowest BCUT2D eigenvalue weighted by atomic mass is 10.2. The number of H-pyrrole nitrogens is 1. The molecule has 0 bridgehead atoms. The number of nitrogens with one attached hydrogen (secondary N) is 3. The van der Waals surface area contributed by atoms with Crippen molar-refractivity contribution < 1.29 is 0 Å². The van der Waals surface area contributed by atoms with Gasteiger partial charge in [-0.3, -0.25) is 5.10 Å². The minimum atomic E-state index is 0.497. The Kier molecular flexibility index (Phi) is 5.28. The van der Waals surface area contributed by atoms with E-state index in [1.54, 1.807) is 24.8 Å². The van der Waals surface area contributed by atoms with Crippen LogP contribution < -0.4 is 15.5 Å². The zero-order chi connectivity index (χ0) is 21.0. The number of hydrogen-bond donors (Lipinski definition) is 3. The van der Waals surface area contributed by atoms with Gasteiger partial charge in [-0.2, -0.15) is 5.10 Å². The van der Waals surface area contributed by atoms with Gasteiger partial charge in [-0.05, 0) is 12.5 Å². The number of anilines is 4. The summed E-state index contributed by atoms with van der Waals surface area (Å²) in [5, 5.41) is 13.8. The Balaban J connectivity index is 1.43. The lowest BCUT2D eigenvalue weighted by Crippen LogP contribution is -2.25. The van der Waals surface area contributed by atoms with E-state index in [9.17, 15) is 0 Å². The molecular formula is C20H19ClN10. The average molecular weight is 435 g/mol. The number of halogens is 1. The lowest BCUT2D eigenvalue weighted by molar-refractivity contribution is 0.753. The smallest absolute Gasteiger partial charge is 0.174 e. The molecule has 4 aromatic heterocycles. The van der Waals surface area contributed by atoms with Crippen LogP contribution in [0.15, 0.2) is 49.3 Å². The van der Waals surface area contributed by atoms with Crippen LogP contribution in [-0.4, -0.2) is 48.2 Å². The molecule has 156 valence electrons. The van der Waals surface area contributed by atoms with Crippen LogP contribution in [0.25, 0.3) is 11.3 Å². The van der Waals surface area contributed by atoms with Crippen LogP contribution in [0.4, 0.5) is 23.3 Å². The maximum absolute atomic E-state index is 6.28. The molecule has 0 spiro atoms. The van der Waals surface area contributed by atoms with E-state index in [-0.39, 0.29) is 0 Å². The minimum absolute atomic E-state index is 0.497. The van der Waals surface area contributed by atoms with Crippen molar-refractivity contribution in [1.29, 1.82) is 0 Å². The van der Waals surface area contributed by atoms with E-state index in [1.165, 1.54) is 6.33 Å². The average Bonchev–Trinajstić information content (AvgIpc) is 3.26. The molecule has 31 heavy (non-hydrogen) atoms. The molecule has 1 aliphatic rings. The zero-order valence-corrected chi connectivity index (χ0v) is 17.2. The SMILES string of the molecule is Clc1ncccc1CN1CCCNc2ncc(Nc3cc(-c4cn[nH]c4)ncn3)nc21. The normalized spacial score (nSPS) is 13.3. The molecule has 0 unspecified atom stereocenters. The quantitative estimate of drug-likeness (QED) is 0.406. The van der Waals surface area contributed by atoms with Gasteiger partial charge in [-0.1, -0.05) is 17.7 Å². The van der Waals surface area contributed by atoms with Gasteiger partial charge in [-0.25, -0.2) is 24.9 Å². The third-order valence-corrected chi connectivity index (χ3v) is 5.21. The standard InChI is InChI=1S/C20H19ClN10/c21-18-13(3-1-4-22-18)11-31-6-2-5-23-19-20(31)30-17(10-24-19)29-16-7-15(25-12-26-16)14-8-27-28-9-14/h1,3-4,7-10,12H,2,5-6,11H2,(H,23,24)(H,27,28)(H,25,26,29,30). The second kappa shape index (κ2) is 8.52. The first-order valence-electron chi connectivity index (χ1n) is 9.80. The van der Waals surface area contributed by atoms with E-state index >= 15 is 0 Å². The van der Waals surface area contributed by atoms with Crippen molar-refractivity contribution in [2.75, 3.05) is 28.6 Å². The first-order valence-corrected chi connectivity index (χ1v) is 10.2. The van der Waals surface area contributed by atoms with Crippen LogP contribution in [0.3, 0.4) is 0 Å². The molecule has 0 aliphatic carbocycles. The fourth-order valence-electron chi connectivity index (χ4n) is 3.37. The van der Waals surface area contributed by atoms with Crippen LogP contribution in [0.2, 0.25) is 5.15 Å². The molecule has 0 aromatic carbocycles. The minimum Gasteiger partial charge on any atom is -0.367 e. The third kappa shape index (κ3) is 4.24. The maximum Gasteiger partial charge on any atom is 0.174 e. The maximum atomic E-state index is 6.28. The Hall–Kier alpha value is -3.79. The molecule has 4 aromatic rings. The predicted octanol–water partition coefficient (Wildman–Crippen LogP) is 3.27. The molecule has 5 rings (SSSR count). The summed E-state index contributed by atoms with van der Waals surface area (Å²) in [5.74, 6) is 2.70. The summed E-state index contributed by atoms with van der Waals surface area (Å²) in [4.78, 5) is 24.3. The highest BCUT2D eigenvalue weighted by atomic mass is 35.5. The van der Waals surface area contributed by atoms with Gasteiger partial charge in [0.1, 0.15) is 17.3 Å². The number of hydrogen-bond acceptors (Lipinski definition) is 9. The highest BCUT2D eigenvalue weighted by Crippen LogP contribution is 2.29. The monoisotopic (exact) mass is 434 g/mol. The van der Waals surface area contributed by atoms with Crippen molar-refractivity contribution in [2.45, 2.75) is 13.0 Å². The van der Waals surface area contributed by atoms with Crippen molar-refractivity contribution >= 4 is 34.9 Å². The van der Waals surface area contributed by atoms with Gasteiger partial charge in [0.15, 0.2) is 17.5 Å². The van der Waals surface area contributed by atoms with Gasteiger partial charge in [0, 0.05) is 49.2 Å². The topological polar surface area (TPSA) is 120 Å². The van der Waals surface area contributed by atoms with Gasteiger partial charge < -0.3 is 15.5 Å². The highest BCUT2D eigenvalue weighted by molar-refractivity contribution is 6.30. The first kappa shape index (κ1) is 19.2. The Bertz CT molecular complexity index is 1180. The molecule has 1 aliphatic heterocycles. The molecule has 0 saturated carbocycles. The van der Waals surface area contributed by atoms with Gasteiger partial charge in [-0.15, -0.1) is 0 Å². The Morgan fingerprint density at radius 2 is 2.10 bits per heavy atom. The predicted molar refractivity (Wildman–Crippen MR) is 118 cm³/mol. The van der Waals surface area contributed by atoms with E-state index in [4.69, 9.17) is 16.6 Å². The van der Waals surface area contributed by atoms with Crippen LogP contribution in [0.5, 0.6) is 0 Å². The molecule has 0 amide bonds. The molecule has 10 nitrogen and oxygen atoms in total. The summed E-state index contributed by atoms with van der Waals surface area (Å²) in [6.45, 7) is 2.24. The Labute approximate surface area is 183 Å². The number of rotatable bonds is 5. The molecule has 11 heteroatoms. The van der Waals surface area contributed by atoms with Crippen LogP contribution in [-0.2, 0) is 6.54 Å². The largest absolute Gasteiger partial charge is 0.367 e. The summed E-state index contributed by atoms with van der Waals surface area (Å²) >= 11 is 6.28. The first-order chi connectivity index (χ1) is 15.3. The molecule has 0 radical (unpaired) electrons. The molecule has 5 heterocycles. The summed E-state index contributed by atoms with van der Waals surface area (Å²) in [6, 6.07) is 5.69. The van der Waals surface area contributed by atoms with Crippen molar-refractivity contribution in [1.82, 2.24) is 35.1 Å². The van der Waals surface area contributed by atoms with Gasteiger partial charge in [0.05, 0.1) is 18.1 Å². The molecule has 0 atom stereocenters. The Morgan fingerprint density at radius 3 is 2.97 bits per heavy atom. The second-order valence-corrected chi connectivity index (χ2v) is 7.34. The van der Waals surface area contributed by atoms with Crippen LogP contribution >= 0.6 is 11.6 Å². The van der Waals surface area contributed by atoms with Gasteiger partial charge in [0.2, 0.25) is 0 Å². The number of pyridine rings is 1. The highest BCUT2D eigenvalue weighted by Gasteiger charge is 2.20. The lowest BCUT2D eigenvalue weighted by Gasteiger charge is -2.23. The van der Waals surface area contributed by atoms with Crippen LogP contribution in [0.1, 0.15) is 12.0 Å². The van der Waals surface area contributed by atoms with Crippen molar-refractivity contribution in [3.05, 3.63) is 60.0 Å². The molecule has 0 fully saturated rings. The number of fused-ring (bicyclic) bond motifs is 1. The molecule has 3 N–H and O–H groups in total. The zero-order valence-electron chi connectivity index (χ0n) is 16.5. The summed E-state index contributed by atoms with van der Waals surface area (Å²) in [7, 11) is 0. The van der Waals surface area contributed by atoms with E-state index in [0.29, 0.717) is 23.3 Å².